The van der Waals surface area contributed by atoms with E-state index in [1.807, 2.05) is 35.8 Å². The van der Waals surface area contributed by atoms with Crippen molar-refractivity contribution < 1.29 is 19.1 Å². The standard InChI is InChI=1S/C16H24N4O4/c1-10(2)13(15(22)20-17)19-14(21)11(3)18-16(23)24-9-12-7-5-4-6-8-12/h4-8,10-11,13H,9,17H2,1-3H3,(H,18,23)(H,19,21)(H,20,22)/t11-,13-/m1/s1. The van der Waals surface area contributed by atoms with E-state index in [1.54, 1.807) is 13.8 Å². The predicted octanol–water partition coefficient (Wildman–Crippen LogP) is 0.432. The van der Waals surface area contributed by atoms with Gasteiger partial charge in [0.1, 0.15) is 18.7 Å². The molecule has 132 valence electrons. The minimum absolute atomic E-state index is 0.102. The van der Waals surface area contributed by atoms with Crippen LogP contribution in [0.4, 0.5) is 4.79 Å². The van der Waals surface area contributed by atoms with Crippen molar-refractivity contribution in [3.8, 4) is 0 Å². The van der Waals surface area contributed by atoms with E-state index >= 15 is 0 Å². The Morgan fingerprint density at radius 2 is 1.67 bits per heavy atom. The molecule has 1 aromatic carbocycles. The van der Waals surface area contributed by atoms with Crippen LogP contribution in [0.1, 0.15) is 26.3 Å². The fourth-order valence-corrected chi connectivity index (χ4v) is 1.91. The van der Waals surface area contributed by atoms with Crippen LogP contribution in [-0.4, -0.2) is 30.0 Å². The molecule has 1 aromatic rings. The number of nitrogens with one attached hydrogen (secondary N) is 3. The van der Waals surface area contributed by atoms with Gasteiger partial charge in [0.15, 0.2) is 0 Å². The van der Waals surface area contributed by atoms with E-state index in [0.29, 0.717) is 0 Å². The van der Waals surface area contributed by atoms with Crippen LogP contribution >= 0.6 is 0 Å². The van der Waals surface area contributed by atoms with Crippen molar-refractivity contribution in [1.82, 2.24) is 16.1 Å². The number of hydrazine groups is 1. The third kappa shape index (κ3) is 6.25. The molecule has 0 aliphatic carbocycles. The number of benzene rings is 1. The summed E-state index contributed by atoms with van der Waals surface area (Å²) in [5.41, 5.74) is 2.84. The molecule has 8 heteroatoms. The third-order valence-electron chi connectivity index (χ3n) is 3.33. The molecule has 2 atom stereocenters. The molecule has 0 unspecified atom stereocenters. The molecule has 0 fully saturated rings. The third-order valence-corrected chi connectivity index (χ3v) is 3.33. The van der Waals surface area contributed by atoms with Crippen LogP contribution in [0.2, 0.25) is 0 Å². The van der Waals surface area contributed by atoms with Gasteiger partial charge in [0.25, 0.3) is 5.91 Å². The maximum Gasteiger partial charge on any atom is 0.408 e. The second kappa shape index (κ2) is 9.51. The zero-order valence-corrected chi connectivity index (χ0v) is 14.0. The van der Waals surface area contributed by atoms with E-state index in [4.69, 9.17) is 10.6 Å². The molecule has 0 aliphatic heterocycles. The number of hydrogen-bond donors (Lipinski definition) is 4. The Hall–Kier alpha value is -2.61. The Balaban J connectivity index is 2.47. The maximum absolute atomic E-state index is 12.1. The first kappa shape index (κ1) is 19.4. The highest BCUT2D eigenvalue weighted by Gasteiger charge is 2.26. The fraction of sp³-hybridized carbons (Fsp3) is 0.438. The molecule has 0 spiro atoms. The second-order valence-electron chi connectivity index (χ2n) is 5.67. The van der Waals surface area contributed by atoms with E-state index in [2.05, 4.69) is 10.6 Å². The topological polar surface area (TPSA) is 123 Å². The summed E-state index contributed by atoms with van der Waals surface area (Å²) >= 11 is 0. The van der Waals surface area contributed by atoms with E-state index < -0.39 is 30.0 Å². The summed E-state index contributed by atoms with van der Waals surface area (Å²) in [6.45, 7) is 5.14. The molecule has 0 aromatic heterocycles. The van der Waals surface area contributed by atoms with Gasteiger partial charge in [-0.1, -0.05) is 44.2 Å². The van der Waals surface area contributed by atoms with Gasteiger partial charge in [-0.15, -0.1) is 0 Å². The number of ether oxygens (including phenoxy) is 1. The molecule has 1 rings (SSSR count). The normalized spacial score (nSPS) is 12.9. The van der Waals surface area contributed by atoms with E-state index in [9.17, 15) is 14.4 Å². The average molecular weight is 336 g/mol. The summed E-state index contributed by atoms with van der Waals surface area (Å²) in [6, 6.07) is 7.53. The van der Waals surface area contributed by atoms with E-state index in [-0.39, 0.29) is 12.5 Å². The first-order valence-corrected chi connectivity index (χ1v) is 7.63. The van der Waals surface area contributed by atoms with Gasteiger partial charge in [0.05, 0.1) is 0 Å². The minimum Gasteiger partial charge on any atom is -0.445 e. The van der Waals surface area contributed by atoms with Crippen LogP contribution < -0.4 is 21.9 Å². The number of rotatable bonds is 7. The number of alkyl carbamates (subject to hydrolysis) is 1. The largest absolute Gasteiger partial charge is 0.445 e. The Morgan fingerprint density at radius 3 is 2.21 bits per heavy atom. The molecule has 0 saturated heterocycles. The van der Waals surface area contributed by atoms with Crippen LogP contribution in [0, 0.1) is 5.92 Å². The molecule has 0 radical (unpaired) electrons. The highest BCUT2D eigenvalue weighted by molar-refractivity contribution is 5.90. The van der Waals surface area contributed by atoms with Crippen molar-refractivity contribution >= 4 is 17.9 Å². The highest BCUT2D eigenvalue weighted by Crippen LogP contribution is 2.03. The smallest absolute Gasteiger partial charge is 0.408 e. The van der Waals surface area contributed by atoms with Crippen molar-refractivity contribution in [2.75, 3.05) is 0 Å². The SMILES string of the molecule is CC(C)[C@@H](NC(=O)[C@@H](C)NC(=O)OCc1ccccc1)C(=O)NN. The maximum atomic E-state index is 12.1. The minimum atomic E-state index is -0.861. The van der Waals surface area contributed by atoms with E-state index in [0.717, 1.165) is 5.56 Å². The summed E-state index contributed by atoms with van der Waals surface area (Å²) in [5, 5.41) is 4.96. The lowest BCUT2D eigenvalue weighted by Crippen LogP contribution is -2.55. The van der Waals surface area contributed by atoms with Crippen molar-refractivity contribution in [2.24, 2.45) is 11.8 Å². The fourth-order valence-electron chi connectivity index (χ4n) is 1.91. The quantitative estimate of drug-likeness (QED) is 0.327. The molecule has 0 heterocycles. The summed E-state index contributed by atoms with van der Waals surface area (Å²) < 4.78 is 5.04. The number of carbonyl (C=O) groups is 3. The lowest BCUT2D eigenvalue weighted by atomic mass is 10.0. The van der Waals surface area contributed by atoms with Crippen LogP contribution in [0.25, 0.3) is 0 Å². The van der Waals surface area contributed by atoms with Crippen molar-refractivity contribution in [2.45, 2.75) is 39.5 Å². The molecule has 8 nitrogen and oxygen atoms in total. The molecule has 5 N–H and O–H groups in total. The van der Waals surface area contributed by atoms with Crippen molar-refractivity contribution in [3.63, 3.8) is 0 Å². The molecular formula is C16H24N4O4. The summed E-state index contributed by atoms with van der Waals surface area (Å²) in [7, 11) is 0. The van der Waals surface area contributed by atoms with Gasteiger partial charge in [-0.25, -0.2) is 10.6 Å². The Labute approximate surface area is 141 Å². The first-order chi connectivity index (χ1) is 11.3. The lowest BCUT2D eigenvalue weighted by molar-refractivity contribution is -0.130. The monoisotopic (exact) mass is 336 g/mol. The van der Waals surface area contributed by atoms with E-state index in [1.165, 1.54) is 6.92 Å². The van der Waals surface area contributed by atoms with Gasteiger partial charge in [0.2, 0.25) is 5.91 Å². The number of carbonyl (C=O) groups excluding carboxylic acids is 3. The summed E-state index contributed by atoms with van der Waals surface area (Å²) in [6.07, 6.45) is -0.717. The molecule has 0 saturated carbocycles. The molecular weight excluding hydrogens is 312 g/mol. The van der Waals surface area contributed by atoms with Crippen molar-refractivity contribution in [1.29, 1.82) is 0 Å². The van der Waals surface area contributed by atoms with Crippen LogP contribution in [0.15, 0.2) is 30.3 Å². The van der Waals surface area contributed by atoms with Crippen molar-refractivity contribution in [3.05, 3.63) is 35.9 Å². The molecule has 24 heavy (non-hydrogen) atoms. The Morgan fingerprint density at radius 1 is 1.04 bits per heavy atom. The van der Waals surface area contributed by atoms with Gasteiger partial charge < -0.3 is 15.4 Å². The van der Waals surface area contributed by atoms with Crippen LogP contribution in [0.5, 0.6) is 0 Å². The number of nitrogens with two attached hydrogens (primary N) is 1. The zero-order chi connectivity index (χ0) is 18.1. The van der Waals surface area contributed by atoms with Crippen LogP contribution in [-0.2, 0) is 20.9 Å². The predicted molar refractivity (Wildman–Crippen MR) is 88.3 cm³/mol. The highest BCUT2D eigenvalue weighted by atomic mass is 16.5. The Bertz CT molecular complexity index is 562. The number of hydrogen-bond acceptors (Lipinski definition) is 5. The molecule has 0 aliphatic rings. The Kier molecular flexibility index (Phi) is 7.70. The molecule has 0 bridgehead atoms. The van der Waals surface area contributed by atoms with Gasteiger partial charge >= 0.3 is 6.09 Å². The second-order valence-corrected chi connectivity index (χ2v) is 5.67. The first-order valence-electron chi connectivity index (χ1n) is 7.63. The summed E-state index contributed by atoms with van der Waals surface area (Å²) in [5.74, 6) is 3.93. The summed E-state index contributed by atoms with van der Waals surface area (Å²) in [4.78, 5) is 35.4. The number of amides is 3. The zero-order valence-electron chi connectivity index (χ0n) is 14.0. The lowest BCUT2D eigenvalue weighted by Gasteiger charge is -2.22. The molecule has 3 amide bonds. The van der Waals surface area contributed by atoms with Gasteiger partial charge in [0, 0.05) is 0 Å². The average Bonchev–Trinajstić information content (AvgIpc) is 2.57. The van der Waals surface area contributed by atoms with Gasteiger partial charge in [-0.2, -0.15) is 0 Å². The van der Waals surface area contributed by atoms with Gasteiger partial charge in [-0.05, 0) is 18.4 Å². The van der Waals surface area contributed by atoms with Crippen LogP contribution in [0.3, 0.4) is 0 Å². The van der Waals surface area contributed by atoms with Gasteiger partial charge in [-0.3, -0.25) is 15.0 Å².